The van der Waals surface area contributed by atoms with Crippen molar-refractivity contribution in [3.63, 3.8) is 0 Å². The van der Waals surface area contributed by atoms with Gasteiger partial charge in [-0.25, -0.2) is 0 Å². The highest BCUT2D eigenvalue weighted by Crippen LogP contribution is 2.46. The fraction of sp³-hybridized carbons (Fsp3) is 0.227. The molecule has 0 saturated heterocycles. The number of nitrogens with zero attached hydrogens (tertiary/aromatic N) is 3. The summed E-state index contributed by atoms with van der Waals surface area (Å²) in [5.41, 5.74) is 1.75. The molecule has 0 fully saturated rings. The van der Waals surface area contributed by atoms with Gasteiger partial charge in [-0.3, -0.25) is 18.9 Å². The molecule has 2 heterocycles. The van der Waals surface area contributed by atoms with Crippen LogP contribution in [-0.2, 0) is 14.1 Å². The second-order valence-corrected chi connectivity index (χ2v) is 8.78. The van der Waals surface area contributed by atoms with Gasteiger partial charge in [-0.1, -0.05) is 18.2 Å². The normalized spacial score (nSPS) is 15.7. The lowest BCUT2D eigenvalue weighted by Gasteiger charge is -2.18. The van der Waals surface area contributed by atoms with Crippen LogP contribution in [0.1, 0.15) is 22.8 Å². The van der Waals surface area contributed by atoms with Crippen molar-refractivity contribution in [1.82, 2.24) is 9.13 Å². The lowest BCUT2D eigenvalue weighted by atomic mass is 10.0. The van der Waals surface area contributed by atoms with Crippen LogP contribution in [0.2, 0.25) is 0 Å². The number of methoxy groups -OCH3 is 1. The molecule has 0 aliphatic carbocycles. The van der Waals surface area contributed by atoms with Crippen molar-refractivity contribution < 1.29 is 14.9 Å². The Labute approximate surface area is 188 Å². The van der Waals surface area contributed by atoms with Crippen molar-refractivity contribution >= 4 is 35.4 Å². The number of phenolic OH excluding ortho intramolecular Hbond substituents is 1. The molecular formula is C22H21N3O4S2. The zero-order valence-electron chi connectivity index (χ0n) is 17.2. The Morgan fingerprint density at radius 2 is 1.90 bits per heavy atom. The summed E-state index contributed by atoms with van der Waals surface area (Å²) in [5.74, 6) is 0.209. The summed E-state index contributed by atoms with van der Waals surface area (Å²) in [4.78, 5) is 18.8. The van der Waals surface area contributed by atoms with Crippen LogP contribution in [0.5, 0.6) is 17.4 Å². The first-order valence-corrected chi connectivity index (χ1v) is 10.8. The van der Waals surface area contributed by atoms with Gasteiger partial charge in [0.15, 0.2) is 16.3 Å². The van der Waals surface area contributed by atoms with Crippen LogP contribution >= 0.6 is 24.0 Å². The number of ether oxygens (including phenoxy) is 1. The molecule has 7 nitrogen and oxygen atoms in total. The molecule has 0 radical (unpaired) electrons. The molecule has 31 heavy (non-hydrogen) atoms. The van der Waals surface area contributed by atoms with Gasteiger partial charge in [0, 0.05) is 30.7 Å². The lowest BCUT2D eigenvalue weighted by Crippen LogP contribution is -2.29. The highest BCUT2D eigenvalue weighted by atomic mass is 32.2. The van der Waals surface area contributed by atoms with Crippen LogP contribution < -0.4 is 10.3 Å². The molecule has 0 bridgehead atoms. The van der Waals surface area contributed by atoms with Crippen LogP contribution in [0.25, 0.3) is 0 Å². The number of aliphatic imine (C=N–C) groups is 1. The van der Waals surface area contributed by atoms with E-state index in [1.807, 2.05) is 30.3 Å². The summed E-state index contributed by atoms with van der Waals surface area (Å²) in [7, 11) is 4.68. The van der Waals surface area contributed by atoms with Crippen LogP contribution in [0.3, 0.4) is 0 Å². The number of rotatable bonds is 3. The summed E-state index contributed by atoms with van der Waals surface area (Å²) in [6.07, 6.45) is 0.366. The molecule has 1 aliphatic heterocycles. The minimum atomic E-state index is -0.403. The van der Waals surface area contributed by atoms with Crippen molar-refractivity contribution in [2.24, 2.45) is 19.1 Å². The van der Waals surface area contributed by atoms with E-state index in [-0.39, 0.29) is 27.2 Å². The Hall–Kier alpha value is -3.04. The number of para-hydroxylation sites is 1. The number of thioether (sulfide) groups is 1. The van der Waals surface area contributed by atoms with Crippen LogP contribution in [0.4, 0.5) is 5.69 Å². The molecule has 4 rings (SSSR count). The van der Waals surface area contributed by atoms with Crippen LogP contribution in [-0.4, -0.2) is 32.2 Å². The molecule has 0 unspecified atom stereocenters. The second kappa shape index (κ2) is 8.24. The van der Waals surface area contributed by atoms with E-state index in [1.54, 1.807) is 38.0 Å². The third kappa shape index (κ3) is 3.75. The second-order valence-electron chi connectivity index (χ2n) is 7.17. The Kier molecular flexibility index (Phi) is 5.63. The van der Waals surface area contributed by atoms with Gasteiger partial charge in [0.2, 0.25) is 5.88 Å². The van der Waals surface area contributed by atoms with Gasteiger partial charge in [-0.15, -0.1) is 11.8 Å². The van der Waals surface area contributed by atoms with Crippen molar-refractivity contribution in [2.45, 2.75) is 16.6 Å². The molecule has 1 aliphatic rings. The van der Waals surface area contributed by atoms with Crippen LogP contribution in [0, 0.1) is 4.77 Å². The SMILES string of the molecule is COc1ccc([C@@H]2CC(c3c(O)n(C)c(=S)n(C)c3=O)=Nc3ccccc3S2)cc1O. The highest BCUT2D eigenvalue weighted by molar-refractivity contribution is 7.99. The first kappa shape index (κ1) is 21.2. The monoisotopic (exact) mass is 455 g/mol. The van der Waals surface area contributed by atoms with E-state index in [9.17, 15) is 15.0 Å². The zero-order valence-corrected chi connectivity index (χ0v) is 18.8. The molecule has 0 amide bonds. The maximum absolute atomic E-state index is 13.0. The van der Waals surface area contributed by atoms with Gasteiger partial charge in [0.05, 0.1) is 18.5 Å². The quantitative estimate of drug-likeness (QED) is 0.575. The van der Waals surface area contributed by atoms with Gasteiger partial charge in [-0.2, -0.15) is 0 Å². The topological polar surface area (TPSA) is 89.0 Å². The summed E-state index contributed by atoms with van der Waals surface area (Å²) in [6.45, 7) is 0. The maximum atomic E-state index is 13.0. The fourth-order valence-electron chi connectivity index (χ4n) is 3.55. The molecule has 1 aromatic heterocycles. The molecule has 0 spiro atoms. The summed E-state index contributed by atoms with van der Waals surface area (Å²) < 4.78 is 8.09. The molecule has 9 heteroatoms. The fourth-order valence-corrected chi connectivity index (χ4v) is 4.94. The van der Waals surface area contributed by atoms with Crippen molar-refractivity contribution in [2.75, 3.05) is 7.11 Å². The molecule has 1 atom stereocenters. The average Bonchev–Trinajstić information content (AvgIpc) is 2.96. The number of hydrogen-bond acceptors (Lipinski definition) is 7. The number of fused-ring (bicyclic) bond motifs is 1. The summed E-state index contributed by atoms with van der Waals surface area (Å²) >= 11 is 6.83. The van der Waals surface area contributed by atoms with E-state index in [0.29, 0.717) is 23.6 Å². The van der Waals surface area contributed by atoms with E-state index in [1.165, 1.54) is 16.2 Å². The first-order chi connectivity index (χ1) is 14.8. The van der Waals surface area contributed by atoms with Crippen molar-refractivity contribution in [3.8, 4) is 17.4 Å². The minimum Gasteiger partial charge on any atom is -0.504 e. The van der Waals surface area contributed by atoms with Gasteiger partial charge >= 0.3 is 0 Å². The Morgan fingerprint density at radius 3 is 2.61 bits per heavy atom. The Morgan fingerprint density at radius 1 is 1.16 bits per heavy atom. The lowest BCUT2D eigenvalue weighted by molar-refractivity contribution is 0.373. The van der Waals surface area contributed by atoms with E-state index in [2.05, 4.69) is 0 Å². The Bertz CT molecular complexity index is 1330. The van der Waals surface area contributed by atoms with E-state index >= 15 is 0 Å². The van der Waals surface area contributed by atoms with E-state index in [4.69, 9.17) is 21.9 Å². The molecule has 160 valence electrons. The molecule has 2 N–H and O–H groups in total. The number of hydrogen-bond donors (Lipinski definition) is 2. The summed E-state index contributed by atoms with van der Waals surface area (Å²) in [5, 5.41) is 20.9. The minimum absolute atomic E-state index is 0.0391. The maximum Gasteiger partial charge on any atom is 0.267 e. The van der Waals surface area contributed by atoms with Crippen molar-refractivity contribution in [1.29, 1.82) is 0 Å². The largest absolute Gasteiger partial charge is 0.504 e. The van der Waals surface area contributed by atoms with Gasteiger partial charge in [0.25, 0.3) is 5.56 Å². The summed E-state index contributed by atoms with van der Waals surface area (Å²) in [6, 6.07) is 12.9. The standard InChI is InChI=1S/C22H21N3O4S2/c1-24-20(27)19(21(28)25(2)22(24)30)14-11-18(12-8-9-16(29-3)15(26)10-12)31-17-7-5-4-6-13(17)23-14/h4-10,18,26-27H,11H2,1-3H3/t18-/m0/s1. The van der Waals surface area contributed by atoms with Gasteiger partial charge < -0.3 is 14.9 Å². The number of phenols is 1. The Balaban J connectivity index is 1.91. The average molecular weight is 456 g/mol. The van der Waals surface area contributed by atoms with Crippen LogP contribution in [0.15, 0.2) is 57.1 Å². The third-order valence-corrected chi connectivity index (χ3v) is 7.14. The molecule has 3 aromatic rings. The number of benzene rings is 2. The predicted octanol–water partition coefficient (Wildman–Crippen LogP) is 4.23. The molecule has 2 aromatic carbocycles. The van der Waals surface area contributed by atoms with Gasteiger partial charge in [-0.05, 0) is 42.0 Å². The van der Waals surface area contributed by atoms with E-state index in [0.717, 1.165) is 10.5 Å². The number of aromatic nitrogens is 2. The molecular weight excluding hydrogens is 434 g/mol. The smallest absolute Gasteiger partial charge is 0.267 e. The third-order valence-electron chi connectivity index (χ3n) is 5.27. The molecule has 0 saturated carbocycles. The van der Waals surface area contributed by atoms with Crippen molar-refractivity contribution in [3.05, 3.63) is 68.7 Å². The number of aromatic hydroxyl groups is 2. The predicted molar refractivity (Wildman–Crippen MR) is 124 cm³/mol. The zero-order chi connectivity index (χ0) is 22.3. The first-order valence-electron chi connectivity index (χ1n) is 9.51. The van der Waals surface area contributed by atoms with Gasteiger partial charge in [0.1, 0.15) is 5.56 Å². The highest BCUT2D eigenvalue weighted by Gasteiger charge is 2.27. The van der Waals surface area contributed by atoms with E-state index < -0.39 is 5.56 Å².